The molecule has 6 heteroatoms. The summed E-state index contributed by atoms with van der Waals surface area (Å²) in [6.45, 7) is 2.41. The van der Waals surface area contributed by atoms with E-state index in [9.17, 15) is 9.59 Å². The number of rotatable bonds is 6. The first kappa shape index (κ1) is 15.5. The molecule has 0 unspecified atom stereocenters. The number of nitrogens with zero attached hydrogens (tertiary/aromatic N) is 1. The molecule has 0 N–H and O–H groups in total. The van der Waals surface area contributed by atoms with Gasteiger partial charge < -0.3 is 14.4 Å². The Bertz CT molecular complexity index is 476. The number of amides is 1. The molecule has 104 valence electrons. The van der Waals surface area contributed by atoms with Crippen LogP contribution in [0.2, 0.25) is 0 Å². The second-order valence-corrected chi connectivity index (χ2v) is 4.70. The van der Waals surface area contributed by atoms with Crippen molar-refractivity contribution in [3.05, 3.63) is 22.2 Å². The van der Waals surface area contributed by atoms with Crippen molar-refractivity contribution in [2.24, 2.45) is 0 Å². The first-order chi connectivity index (χ1) is 9.03. The smallest absolute Gasteiger partial charge is 0.260 e. The van der Waals surface area contributed by atoms with Gasteiger partial charge in [0.05, 0.1) is 11.6 Å². The van der Waals surface area contributed by atoms with Crippen molar-refractivity contribution in [3.8, 4) is 11.5 Å². The molecule has 1 amide bonds. The van der Waals surface area contributed by atoms with E-state index in [1.165, 1.54) is 7.11 Å². The normalized spacial score (nSPS) is 9.89. The maximum absolute atomic E-state index is 11.7. The second kappa shape index (κ2) is 7.13. The molecule has 0 aliphatic heterocycles. The summed E-state index contributed by atoms with van der Waals surface area (Å²) in [4.78, 5) is 24.0. The SMILES string of the molecule is CCN(C)C(=O)COc1c(Br)cc(C=O)cc1OC. The van der Waals surface area contributed by atoms with Crippen molar-refractivity contribution in [3.63, 3.8) is 0 Å². The predicted octanol–water partition coefficient (Wildman–Crippen LogP) is 2.13. The first-order valence-corrected chi connectivity index (χ1v) is 6.52. The molecule has 0 aliphatic carbocycles. The summed E-state index contributed by atoms with van der Waals surface area (Å²) in [5.41, 5.74) is 0.466. The molecule has 0 aliphatic rings. The van der Waals surface area contributed by atoms with Gasteiger partial charge in [-0.25, -0.2) is 0 Å². The summed E-state index contributed by atoms with van der Waals surface area (Å²) in [6, 6.07) is 3.17. The van der Waals surface area contributed by atoms with Crippen LogP contribution in [0, 0.1) is 0 Å². The second-order valence-electron chi connectivity index (χ2n) is 3.85. The Hall–Kier alpha value is -1.56. The zero-order chi connectivity index (χ0) is 14.4. The highest BCUT2D eigenvalue weighted by atomic mass is 79.9. The Labute approximate surface area is 120 Å². The highest BCUT2D eigenvalue weighted by Crippen LogP contribution is 2.36. The average Bonchev–Trinajstić information content (AvgIpc) is 2.43. The van der Waals surface area contributed by atoms with Crippen LogP contribution in [0.4, 0.5) is 0 Å². The van der Waals surface area contributed by atoms with Gasteiger partial charge in [-0.15, -0.1) is 0 Å². The van der Waals surface area contributed by atoms with E-state index >= 15 is 0 Å². The number of halogens is 1. The monoisotopic (exact) mass is 329 g/mol. The minimum atomic E-state index is -0.129. The van der Waals surface area contributed by atoms with Gasteiger partial charge >= 0.3 is 0 Å². The number of carbonyl (C=O) groups is 2. The van der Waals surface area contributed by atoms with Crippen LogP contribution in [0.1, 0.15) is 17.3 Å². The average molecular weight is 330 g/mol. The maximum atomic E-state index is 11.7. The molecule has 0 saturated heterocycles. The van der Waals surface area contributed by atoms with Crippen LogP contribution in [0.15, 0.2) is 16.6 Å². The van der Waals surface area contributed by atoms with Gasteiger partial charge in [-0.3, -0.25) is 9.59 Å². The molecule has 0 fully saturated rings. The van der Waals surface area contributed by atoms with E-state index in [-0.39, 0.29) is 12.5 Å². The summed E-state index contributed by atoms with van der Waals surface area (Å²) in [7, 11) is 3.18. The van der Waals surface area contributed by atoms with E-state index in [2.05, 4.69) is 15.9 Å². The number of methoxy groups -OCH3 is 1. The fourth-order valence-electron chi connectivity index (χ4n) is 1.37. The zero-order valence-electron chi connectivity index (χ0n) is 11.1. The molecule has 1 aromatic rings. The largest absolute Gasteiger partial charge is 0.493 e. The van der Waals surface area contributed by atoms with Gasteiger partial charge in [0.2, 0.25) is 0 Å². The topological polar surface area (TPSA) is 55.8 Å². The highest BCUT2D eigenvalue weighted by molar-refractivity contribution is 9.10. The fourth-order valence-corrected chi connectivity index (χ4v) is 1.94. The third-order valence-electron chi connectivity index (χ3n) is 2.63. The van der Waals surface area contributed by atoms with Crippen LogP contribution in [0.3, 0.4) is 0 Å². The lowest BCUT2D eigenvalue weighted by atomic mass is 10.2. The van der Waals surface area contributed by atoms with E-state index in [1.807, 2.05) is 6.92 Å². The first-order valence-electron chi connectivity index (χ1n) is 5.73. The minimum Gasteiger partial charge on any atom is -0.493 e. The molecule has 0 bridgehead atoms. The molecule has 1 rings (SSSR count). The van der Waals surface area contributed by atoms with Crippen molar-refractivity contribution < 1.29 is 19.1 Å². The van der Waals surface area contributed by atoms with E-state index in [0.717, 1.165) is 0 Å². The number of ether oxygens (including phenoxy) is 2. The molecule has 0 heterocycles. The molecule has 5 nitrogen and oxygen atoms in total. The summed E-state index contributed by atoms with van der Waals surface area (Å²) >= 11 is 3.30. The Balaban J connectivity index is 2.89. The summed E-state index contributed by atoms with van der Waals surface area (Å²) in [5, 5.41) is 0. The standard InChI is InChI=1S/C13H16BrNO4/c1-4-15(2)12(17)8-19-13-10(14)5-9(7-16)6-11(13)18-3/h5-7H,4,8H2,1-3H3. The molecule has 0 saturated carbocycles. The van der Waals surface area contributed by atoms with Crippen molar-refractivity contribution in [2.45, 2.75) is 6.92 Å². The van der Waals surface area contributed by atoms with Gasteiger partial charge in [-0.05, 0) is 35.0 Å². The number of carbonyl (C=O) groups excluding carboxylic acids is 2. The highest BCUT2D eigenvalue weighted by Gasteiger charge is 2.14. The fraction of sp³-hybridized carbons (Fsp3) is 0.385. The molecule has 19 heavy (non-hydrogen) atoms. The van der Waals surface area contributed by atoms with E-state index in [0.29, 0.717) is 34.4 Å². The van der Waals surface area contributed by atoms with E-state index in [4.69, 9.17) is 9.47 Å². The van der Waals surface area contributed by atoms with Crippen LogP contribution < -0.4 is 9.47 Å². The van der Waals surface area contributed by atoms with Crippen LogP contribution in [-0.2, 0) is 4.79 Å². The van der Waals surface area contributed by atoms with Gasteiger partial charge in [0.25, 0.3) is 5.91 Å². The van der Waals surface area contributed by atoms with Crippen LogP contribution in [0.5, 0.6) is 11.5 Å². The van der Waals surface area contributed by atoms with Crippen LogP contribution in [0.25, 0.3) is 0 Å². The minimum absolute atomic E-state index is 0.0836. The number of likely N-dealkylation sites (N-methyl/N-ethyl adjacent to an activating group) is 1. The van der Waals surface area contributed by atoms with Crippen LogP contribution in [-0.4, -0.2) is 44.4 Å². The Morgan fingerprint density at radius 1 is 1.47 bits per heavy atom. The lowest BCUT2D eigenvalue weighted by Crippen LogP contribution is -2.31. The number of aldehydes is 1. The molecule has 0 aromatic heterocycles. The van der Waals surface area contributed by atoms with E-state index < -0.39 is 0 Å². The van der Waals surface area contributed by atoms with Gasteiger partial charge in [0.1, 0.15) is 6.29 Å². The summed E-state index contributed by atoms with van der Waals surface area (Å²) < 4.78 is 11.2. The zero-order valence-corrected chi connectivity index (χ0v) is 12.7. The van der Waals surface area contributed by atoms with Gasteiger partial charge in [0, 0.05) is 19.2 Å². The van der Waals surface area contributed by atoms with E-state index in [1.54, 1.807) is 24.1 Å². The Kier molecular flexibility index (Phi) is 5.82. The van der Waals surface area contributed by atoms with Crippen molar-refractivity contribution >= 4 is 28.1 Å². The molecule has 1 aromatic carbocycles. The third kappa shape index (κ3) is 3.96. The Morgan fingerprint density at radius 2 is 2.16 bits per heavy atom. The van der Waals surface area contributed by atoms with Crippen LogP contribution >= 0.6 is 15.9 Å². The molecular formula is C13H16BrNO4. The number of hydrogen-bond donors (Lipinski definition) is 0. The lowest BCUT2D eigenvalue weighted by Gasteiger charge is -2.17. The molecular weight excluding hydrogens is 314 g/mol. The van der Waals surface area contributed by atoms with Gasteiger partial charge in [-0.2, -0.15) is 0 Å². The van der Waals surface area contributed by atoms with Crippen molar-refractivity contribution in [1.82, 2.24) is 4.90 Å². The van der Waals surface area contributed by atoms with Gasteiger partial charge in [-0.1, -0.05) is 0 Å². The number of hydrogen-bond acceptors (Lipinski definition) is 4. The third-order valence-corrected chi connectivity index (χ3v) is 3.22. The van der Waals surface area contributed by atoms with Crippen molar-refractivity contribution in [1.29, 1.82) is 0 Å². The quantitative estimate of drug-likeness (QED) is 0.750. The molecule has 0 radical (unpaired) electrons. The predicted molar refractivity (Wildman–Crippen MR) is 74.9 cm³/mol. The number of benzene rings is 1. The van der Waals surface area contributed by atoms with Crippen molar-refractivity contribution in [2.75, 3.05) is 27.3 Å². The molecule has 0 atom stereocenters. The Morgan fingerprint density at radius 3 is 2.68 bits per heavy atom. The summed E-state index contributed by atoms with van der Waals surface area (Å²) in [6.07, 6.45) is 0.715. The van der Waals surface area contributed by atoms with Gasteiger partial charge in [0.15, 0.2) is 18.1 Å². The summed E-state index contributed by atoms with van der Waals surface area (Å²) in [5.74, 6) is 0.685. The maximum Gasteiger partial charge on any atom is 0.260 e. The lowest BCUT2D eigenvalue weighted by molar-refractivity contribution is -0.131. The molecule has 0 spiro atoms.